The number of para-hydroxylation sites is 1. The number of hydrogen-bond donors (Lipinski definition) is 1. The van der Waals surface area contributed by atoms with E-state index in [1.807, 2.05) is 12.1 Å². The van der Waals surface area contributed by atoms with Crippen LogP contribution in [0.4, 0.5) is 10.1 Å². The lowest BCUT2D eigenvalue weighted by atomic mass is 10.2. The van der Waals surface area contributed by atoms with Crippen LogP contribution < -0.4 is 5.73 Å². The van der Waals surface area contributed by atoms with Crippen molar-refractivity contribution >= 4 is 21.6 Å². The Morgan fingerprint density at radius 2 is 1.80 bits per heavy atom. The molecule has 0 aliphatic carbocycles. The van der Waals surface area contributed by atoms with Gasteiger partial charge in [-0.15, -0.1) is 0 Å². The molecule has 0 radical (unpaired) electrons. The molecule has 0 aliphatic rings. The standard InChI is InChI=1S/C14H9BrFN3O/c15-10-6-3-5-9(12(10)17)14-18-13(19-20-14)8-4-1-2-7-11(8)16/h1-7H,17H2. The van der Waals surface area contributed by atoms with Crippen LogP contribution >= 0.6 is 15.9 Å². The Kier molecular flexibility index (Phi) is 3.23. The van der Waals surface area contributed by atoms with Crippen molar-refractivity contribution in [3.05, 3.63) is 52.8 Å². The summed E-state index contributed by atoms with van der Waals surface area (Å²) < 4.78 is 19.6. The van der Waals surface area contributed by atoms with Crippen LogP contribution in [-0.2, 0) is 0 Å². The molecule has 0 saturated heterocycles. The number of anilines is 1. The maximum Gasteiger partial charge on any atom is 0.260 e. The van der Waals surface area contributed by atoms with Crippen LogP contribution in [0.15, 0.2) is 51.5 Å². The van der Waals surface area contributed by atoms with E-state index in [2.05, 4.69) is 26.1 Å². The molecule has 0 spiro atoms. The smallest absolute Gasteiger partial charge is 0.260 e. The molecule has 100 valence electrons. The molecular formula is C14H9BrFN3O. The lowest BCUT2D eigenvalue weighted by molar-refractivity contribution is 0.432. The lowest BCUT2D eigenvalue weighted by Crippen LogP contribution is -1.91. The highest BCUT2D eigenvalue weighted by molar-refractivity contribution is 9.10. The van der Waals surface area contributed by atoms with Gasteiger partial charge in [0.25, 0.3) is 5.89 Å². The van der Waals surface area contributed by atoms with Crippen LogP contribution in [-0.4, -0.2) is 10.1 Å². The normalized spacial score (nSPS) is 10.7. The fourth-order valence-corrected chi connectivity index (χ4v) is 2.17. The fraction of sp³-hybridized carbons (Fsp3) is 0. The SMILES string of the molecule is Nc1c(Br)cccc1-c1nc(-c2ccccc2F)no1. The third-order valence-electron chi connectivity index (χ3n) is 2.82. The molecule has 0 saturated carbocycles. The third-order valence-corrected chi connectivity index (χ3v) is 3.52. The second-order valence-electron chi connectivity index (χ2n) is 4.10. The summed E-state index contributed by atoms with van der Waals surface area (Å²) in [5.74, 6) is 0.0431. The van der Waals surface area contributed by atoms with E-state index in [1.54, 1.807) is 24.3 Å². The summed E-state index contributed by atoms with van der Waals surface area (Å²) in [7, 11) is 0. The summed E-state index contributed by atoms with van der Waals surface area (Å²) in [6.07, 6.45) is 0. The molecule has 0 bridgehead atoms. The molecule has 3 aromatic rings. The van der Waals surface area contributed by atoms with Gasteiger partial charge in [0.15, 0.2) is 0 Å². The quantitative estimate of drug-likeness (QED) is 0.722. The molecule has 0 fully saturated rings. The van der Waals surface area contributed by atoms with Crippen molar-refractivity contribution < 1.29 is 8.91 Å². The van der Waals surface area contributed by atoms with Crippen molar-refractivity contribution in [2.45, 2.75) is 0 Å². The largest absolute Gasteiger partial charge is 0.397 e. The van der Waals surface area contributed by atoms with Gasteiger partial charge in [-0.2, -0.15) is 4.98 Å². The number of nitrogen functional groups attached to an aromatic ring is 1. The average molecular weight is 334 g/mol. The van der Waals surface area contributed by atoms with Crippen molar-refractivity contribution in [1.82, 2.24) is 10.1 Å². The Morgan fingerprint density at radius 3 is 2.60 bits per heavy atom. The topological polar surface area (TPSA) is 64.9 Å². The molecule has 1 heterocycles. The molecule has 1 aromatic heterocycles. The van der Waals surface area contributed by atoms with Crippen LogP contribution in [0.25, 0.3) is 22.8 Å². The summed E-state index contributed by atoms with van der Waals surface area (Å²) in [6.45, 7) is 0. The van der Waals surface area contributed by atoms with Gasteiger partial charge in [-0.25, -0.2) is 4.39 Å². The summed E-state index contributed by atoms with van der Waals surface area (Å²) in [5.41, 5.74) is 7.33. The third kappa shape index (κ3) is 2.18. The Balaban J connectivity index is 2.07. The van der Waals surface area contributed by atoms with Gasteiger partial charge in [-0.1, -0.05) is 23.4 Å². The van der Waals surface area contributed by atoms with Crippen molar-refractivity contribution in [2.24, 2.45) is 0 Å². The van der Waals surface area contributed by atoms with Gasteiger partial charge in [-0.3, -0.25) is 0 Å². The number of nitrogens with two attached hydrogens (primary N) is 1. The van der Waals surface area contributed by atoms with E-state index < -0.39 is 5.82 Å². The number of hydrogen-bond acceptors (Lipinski definition) is 4. The number of rotatable bonds is 2. The molecule has 0 aliphatic heterocycles. The molecule has 3 rings (SSSR count). The van der Waals surface area contributed by atoms with Crippen molar-refractivity contribution in [2.75, 3.05) is 5.73 Å². The van der Waals surface area contributed by atoms with Gasteiger partial charge in [0.2, 0.25) is 5.82 Å². The van der Waals surface area contributed by atoms with Crippen molar-refractivity contribution in [3.63, 3.8) is 0 Å². The maximum atomic E-state index is 13.7. The van der Waals surface area contributed by atoms with Crippen molar-refractivity contribution in [3.8, 4) is 22.8 Å². The zero-order chi connectivity index (χ0) is 14.1. The van der Waals surface area contributed by atoms with E-state index in [9.17, 15) is 4.39 Å². The van der Waals surface area contributed by atoms with Gasteiger partial charge in [-0.05, 0) is 40.2 Å². The Labute approximate surface area is 122 Å². The molecule has 0 amide bonds. The fourth-order valence-electron chi connectivity index (χ4n) is 1.81. The van der Waals surface area contributed by atoms with E-state index >= 15 is 0 Å². The lowest BCUT2D eigenvalue weighted by Gasteiger charge is -2.01. The zero-order valence-corrected chi connectivity index (χ0v) is 11.8. The summed E-state index contributed by atoms with van der Waals surface area (Å²) in [6, 6.07) is 11.6. The number of nitrogens with zero attached hydrogens (tertiary/aromatic N) is 2. The first-order chi connectivity index (χ1) is 9.66. The van der Waals surface area contributed by atoms with E-state index in [1.165, 1.54) is 6.07 Å². The molecule has 0 atom stereocenters. The maximum absolute atomic E-state index is 13.7. The predicted octanol–water partition coefficient (Wildman–Crippen LogP) is 3.89. The van der Waals surface area contributed by atoms with Crippen LogP contribution in [0, 0.1) is 5.82 Å². The Morgan fingerprint density at radius 1 is 1.05 bits per heavy atom. The minimum atomic E-state index is -0.401. The van der Waals surface area contributed by atoms with Gasteiger partial charge >= 0.3 is 0 Å². The highest BCUT2D eigenvalue weighted by Crippen LogP contribution is 2.31. The van der Waals surface area contributed by atoms with Gasteiger partial charge in [0, 0.05) is 4.47 Å². The average Bonchev–Trinajstić information content (AvgIpc) is 2.92. The minimum absolute atomic E-state index is 0.192. The Bertz CT molecular complexity index is 773. The number of aromatic nitrogens is 2. The molecule has 0 unspecified atom stereocenters. The van der Waals surface area contributed by atoms with E-state index in [-0.39, 0.29) is 17.3 Å². The molecule has 6 heteroatoms. The summed E-state index contributed by atoms with van der Waals surface area (Å²) in [4.78, 5) is 4.19. The molecule has 2 aromatic carbocycles. The molecule has 4 nitrogen and oxygen atoms in total. The monoisotopic (exact) mass is 333 g/mol. The van der Waals surface area contributed by atoms with Crippen LogP contribution in [0.5, 0.6) is 0 Å². The van der Waals surface area contributed by atoms with Gasteiger partial charge < -0.3 is 10.3 Å². The van der Waals surface area contributed by atoms with Crippen LogP contribution in [0.1, 0.15) is 0 Å². The number of benzene rings is 2. The van der Waals surface area contributed by atoms with Gasteiger partial charge in [0.1, 0.15) is 5.82 Å². The highest BCUT2D eigenvalue weighted by atomic mass is 79.9. The Hall–Kier alpha value is -2.21. The van der Waals surface area contributed by atoms with Crippen LogP contribution in [0.3, 0.4) is 0 Å². The second-order valence-corrected chi connectivity index (χ2v) is 4.96. The molecule has 2 N–H and O–H groups in total. The highest BCUT2D eigenvalue weighted by Gasteiger charge is 2.16. The van der Waals surface area contributed by atoms with Crippen LogP contribution in [0.2, 0.25) is 0 Å². The molecule has 20 heavy (non-hydrogen) atoms. The second kappa shape index (κ2) is 5.05. The summed E-state index contributed by atoms with van der Waals surface area (Å²) >= 11 is 3.33. The summed E-state index contributed by atoms with van der Waals surface area (Å²) in [5, 5.41) is 3.80. The van der Waals surface area contributed by atoms with Crippen molar-refractivity contribution in [1.29, 1.82) is 0 Å². The zero-order valence-electron chi connectivity index (χ0n) is 10.2. The van der Waals surface area contributed by atoms with E-state index in [0.717, 1.165) is 4.47 Å². The number of halogens is 2. The van der Waals surface area contributed by atoms with Gasteiger partial charge in [0.05, 0.1) is 16.8 Å². The minimum Gasteiger partial charge on any atom is -0.397 e. The van der Waals surface area contributed by atoms with E-state index in [0.29, 0.717) is 11.3 Å². The predicted molar refractivity (Wildman–Crippen MR) is 77.2 cm³/mol. The van der Waals surface area contributed by atoms with E-state index in [4.69, 9.17) is 10.3 Å². The first kappa shape index (κ1) is 12.8. The molecular weight excluding hydrogens is 325 g/mol. The first-order valence-corrected chi connectivity index (χ1v) is 6.59. The first-order valence-electron chi connectivity index (χ1n) is 5.80.